The van der Waals surface area contributed by atoms with Gasteiger partial charge in [-0.15, -0.1) is 0 Å². The highest BCUT2D eigenvalue weighted by molar-refractivity contribution is 6.42. The summed E-state index contributed by atoms with van der Waals surface area (Å²) in [5, 5.41) is 3.37. The van der Waals surface area contributed by atoms with E-state index in [1.165, 1.54) is 11.0 Å². The smallest absolute Gasteiger partial charge is 0.250 e. The fourth-order valence-electron chi connectivity index (χ4n) is 2.97. The van der Waals surface area contributed by atoms with Gasteiger partial charge in [-0.1, -0.05) is 23.2 Å². The molecule has 1 N–H and O–H groups in total. The van der Waals surface area contributed by atoms with Crippen molar-refractivity contribution < 1.29 is 18.4 Å². The predicted octanol–water partition coefficient (Wildman–Crippen LogP) is 4.44. The third kappa shape index (κ3) is 3.92. The van der Waals surface area contributed by atoms with E-state index in [1.54, 1.807) is 19.1 Å². The number of hydrogen-bond acceptors (Lipinski definition) is 2. The lowest BCUT2D eigenvalue weighted by molar-refractivity contribution is -0.154. The number of carbonyl (C=O) groups excluding carboxylic acids is 2. The van der Waals surface area contributed by atoms with Crippen molar-refractivity contribution >= 4 is 40.7 Å². The van der Waals surface area contributed by atoms with Gasteiger partial charge in [0.25, 0.3) is 0 Å². The first-order chi connectivity index (χ1) is 12.7. The zero-order chi connectivity index (χ0) is 19.8. The van der Waals surface area contributed by atoms with E-state index in [1.807, 2.05) is 0 Å². The lowest BCUT2D eigenvalue weighted by Gasteiger charge is -2.49. The molecule has 1 unspecified atom stereocenters. The maximum Gasteiger partial charge on any atom is 0.250 e. The van der Waals surface area contributed by atoms with Gasteiger partial charge in [0.05, 0.1) is 16.5 Å². The number of benzene rings is 2. The molecule has 0 aliphatic carbocycles. The number of halogens is 4. The van der Waals surface area contributed by atoms with Crippen LogP contribution in [-0.2, 0) is 16.0 Å². The van der Waals surface area contributed by atoms with Crippen LogP contribution < -0.4 is 5.32 Å². The van der Waals surface area contributed by atoms with Crippen LogP contribution in [0.4, 0.5) is 14.5 Å². The number of nitrogens with zero attached hydrogens (tertiary/aromatic N) is 1. The second-order valence-electron chi connectivity index (χ2n) is 6.56. The van der Waals surface area contributed by atoms with Gasteiger partial charge in [-0.3, -0.25) is 9.59 Å². The highest BCUT2D eigenvalue weighted by Gasteiger charge is 2.49. The SMILES string of the molecule is CC1(C(=O)Nc2ccc(Cl)c(Cl)c2)CCN1C(=O)Cc1cc(F)ccc1F. The van der Waals surface area contributed by atoms with Crippen molar-refractivity contribution in [2.24, 2.45) is 0 Å². The van der Waals surface area contributed by atoms with Gasteiger partial charge in [-0.05, 0) is 49.7 Å². The van der Waals surface area contributed by atoms with E-state index in [4.69, 9.17) is 23.2 Å². The van der Waals surface area contributed by atoms with Gasteiger partial charge in [0.15, 0.2) is 0 Å². The number of hydrogen-bond donors (Lipinski definition) is 1. The molecule has 0 radical (unpaired) electrons. The summed E-state index contributed by atoms with van der Waals surface area (Å²) in [6, 6.07) is 7.62. The first kappa shape index (κ1) is 19.6. The van der Waals surface area contributed by atoms with Crippen molar-refractivity contribution in [2.45, 2.75) is 25.3 Å². The van der Waals surface area contributed by atoms with E-state index in [2.05, 4.69) is 5.32 Å². The summed E-state index contributed by atoms with van der Waals surface area (Å²) in [7, 11) is 0. The van der Waals surface area contributed by atoms with Gasteiger partial charge in [-0.2, -0.15) is 0 Å². The van der Waals surface area contributed by atoms with Crippen LogP contribution in [0.25, 0.3) is 0 Å². The van der Waals surface area contributed by atoms with Crippen molar-refractivity contribution in [1.29, 1.82) is 0 Å². The minimum Gasteiger partial charge on any atom is -0.328 e. The molecule has 1 saturated heterocycles. The Hall–Kier alpha value is -2.18. The van der Waals surface area contributed by atoms with Crippen LogP contribution in [0.5, 0.6) is 0 Å². The lowest BCUT2D eigenvalue weighted by atomic mass is 9.84. The number of amides is 2. The van der Waals surface area contributed by atoms with Crippen molar-refractivity contribution in [3.05, 3.63) is 63.6 Å². The zero-order valence-corrected chi connectivity index (χ0v) is 15.9. The molecule has 0 saturated carbocycles. The molecule has 142 valence electrons. The van der Waals surface area contributed by atoms with Crippen molar-refractivity contribution in [3.8, 4) is 0 Å². The summed E-state index contributed by atoms with van der Waals surface area (Å²) in [5.41, 5.74) is -0.669. The number of carbonyl (C=O) groups is 2. The molecule has 2 aromatic rings. The third-order valence-corrected chi connectivity index (χ3v) is 5.47. The Morgan fingerprint density at radius 1 is 1.15 bits per heavy atom. The van der Waals surface area contributed by atoms with Gasteiger partial charge in [0, 0.05) is 17.8 Å². The van der Waals surface area contributed by atoms with Gasteiger partial charge in [0.2, 0.25) is 11.8 Å². The fraction of sp³-hybridized carbons (Fsp3) is 0.263. The van der Waals surface area contributed by atoms with Crippen LogP contribution in [0.2, 0.25) is 10.0 Å². The van der Waals surface area contributed by atoms with Crippen LogP contribution in [0.15, 0.2) is 36.4 Å². The lowest BCUT2D eigenvalue weighted by Crippen LogP contribution is -2.66. The molecule has 8 heteroatoms. The molecule has 27 heavy (non-hydrogen) atoms. The van der Waals surface area contributed by atoms with E-state index in [-0.39, 0.29) is 17.9 Å². The number of likely N-dealkylation sites (tertiary alicyclic amines) is 1. The van der Waals surface area contributed by atoms with Gasteiger partial charge >= 0.3 is 0 Å². The minimum atomic E-state index is -1.08. The first-order valence-corrected chi connectivity index (χ1v) is 8.97. The normalized spacial score (nSPS) is 18.8. The zero-order valence-electron chi connectivity index (χ0n) is 14.4. The Balaban J connectivity index is 1.72. The van der Waals surface area contributed by atoms with E-state index >= 15 is 0 Å². The Morgan fingerprint density at radius 3 is 2.52 bits per heavy atom. The molecule has 2 aromatic carbocycles. The Morgan fingerprint density at radius 2 is 1.89 bits per heavy atom. The second-order valence-corrected chi connectivity index (χ2v) is 7.38. The van der Waals surface area contributed by atoms with Crippen molar-refractivity contribution in [1.82, 2.24) is 4.90 Å². The van der Waals surface area contributed by atoms with Crippen molar-refractivity contribution in [3.63, 3.8) is 0 Å². The molecular formula is C19H16Cl2F2N2O2. The van der Waals surface area contributed by atoms with Gasteiger partial charge in [-0.25, -0.2) is 8.78 Å². The largest absolute Gasteiger partial charge is 0.328 e. The van der Waals surface area contributed by atoms with E-state index in [9.17, 15) is 18.4 Å². The molecule has 0 aromatic heterocycles. The van der Waals surface area contributed by atoms with E-state index < -0.39 is 23.1 Å². The maximum absolute atomic E-state index is 13.8. The Kier molecular flexibility index (Phi) is 5.40. The molecule has 1 atom stereocenters. The predicted molar refractivity (Wildman–Crippen MR) is 99.9 cm³/mol. The monoisotopic (exact) mass is 412 g/mol. The summed E-state index contributed by atoms with van der Waals surface area (Å²) in [5.74, 6) is -2.12. The Labute approximate surface area is 165 Å². The van der Waals surface area contributed by atoms with Crippen LogP contribution in [0.1, 0.15) is 18.9 Å². The number of rotatable bonds is 4. The van der Waals surface area contributed by atoms with Gasteiger partial charge in [0.1, 0.15) is 17.2 Å². The standard InChI is InChI=1S/C19H16Cl2F2N2O2/c1-19(18(27)24-13-3-4-14(20)15(21)10-13)6-7-25(19)17(26)9-11-8-12(22)2-5-16(11)23/h2-5,8,10H,6-7,9H2,1H3,(H,24,27). The molecule has 4 nitrogen and oxygen atoms in total. The van der Waals surface area contributed by atoms with Crippen LogP contribution in [0, 0.1) is 11.6 Å². The topological polar surface area (TPSA) is 49.4 Å². The average Bonchev–Trinajstić information content (AvgIpc) is 2.59. The van der Waals surface area contributed by atoms with Gasteiger partial charge < -0.3 is 10.2 Å². The molecular weight excluding hydrogens is 397 g/mol. The summed E-state index contributed by atoms with van der Waals surface area (Å²) >= 11 is 11.8. The second kappa shape index (κ2) is 7.44. The summed E-state index contributed by atoms with van der Waals surface area (Å²) in [4.78, 5) is 26.6. The average molecular weight is 413 g/mol. The van der Waals surface area contributed by atoms with Crippen LogP contribution in [-0.4, -0.2) is 28.8 Å². The molecule has 1 aliphatic rings. The molecule has 3 rings (SSSR count). The number of anilines is 1. The highest BCUT2D eigenvalue weighted by Crippen LogP contribution is 2.33. The van der Waals surface area contributed by atoms with E-state index in [0.29, 0.717) is 28.7 Å². The number of nitrogens with one attached hydrogen (secondary N) is 1. The van der Waals surface area contributed by atoms with Crippen molar-refractivity contribution in [2.75, 3.05) is 11.9 Å². The van der Waals surface area contributed by atoms with Crippen LogP contribution >= 0.6 is 23.2 Å². The fourth-order valence-corrected chi connectivity index (χ4v) is 3.27. The first-order valence-electron chi connectivity index (χ1n) is 8.21. The minimum absolute atomic E-state index is 0.0425. The molecule has 0 spiro atoms. The summed E-state index contributed by atoms with van der Waals surface area (Å²) < 4.78 is 27.1. The molecule has 1 heterocycles. The molecule has 1 fully saturated rings. The summed E-state index contributed by atoms with van der Waals surface area (Å²) in [6.45, 7) is 1.99. The maximum atomic E-state index is 13.8. The van der Waals surface area contributed by atoms with E-state index in [0.717, 1.165) is 18.2 Å². The highest BCUT2D eigenvalue weighted by atomic mass is 35.5. The molecule has 0 bridgehead atoms. The third-order valence-electron chi connectivity index (χ3n) is 4.74. The Bertz CT molecular complexity index is 923. The van der Waals surface area contributed by atoms with Crippen LogP contribution in [0.3, 0.4) is 0 Å². The molecule has 1 aliphatic heterocycles. The summed E-state index contributed by atoms with van der Waals surface area (Å²) in [6.07, 6.45) is 0.136. The molecule has 2 amide bonds. The quantitative estimate of drug-likeness (QED) is 0.806.